The number of methoxy groups -OCH3 is 1. The summed E-state index contributed by atoms with van der Waals surface area (Å²) in [4.78, 5) is 0. The van der Waals surface area contributed by atoms with Crippen LogP contribution < -0.4 is 5.32 Å². The lowest BCUT2D eigenvalue weighted by Gasteiger charge is -2.47. The lowest BCUT2D eigenvalue weighted by molar-refractivity contribution is -0.121. The summed E-state index contributed by atoms with van der Waals surface area (Å²) in [5.74, 6) is 0.673. The van der Waals surface area contributed by atoms with Gasteiger partial charge in [0.1, 0.15) is 0 Å². The molecule has 3 heteroatoms. The number of hydrogen-bond acceptors (Lipinski definition) is 3. The number of rotatable bonds is 6. The third-order valence-corrected chi connectivity index (χ3v) is 5.77. The van der Waals surface area contributed by atoms with Gasteiger partial charge in [-0.25, -0.2) is 0 Å². The maximum Gasteiger partial charge on any atom is 0.0803 e. The predicted molar refractivity (Wildman–Crippen MR) is 83.0 cm³/mol. The fourth-order valence-corrected chi connectivity index (χ4v) is 4.31. The zero-order valence-electron chi connectivity index (χ0n) is 13.8. The van der Waals surface area contributed by atoms with Crippen LogP contribution in [-0.4, -0.2) is 37.5 Å². The van der Waals surface area contributed by atoms with E-state index >= 15 is 0 Å². The zero-order chi connectivity index (χ0) is 14.6. The van der Waals surface area contributed by atoms with E-state index in [1.54, 1.807) is 0 Å². The Kier molecular flexibility index (Phi) is 5.49. The quantitative estimate of drug-likeness (QED) is 0.809. The Hall–Kier alpha value is -0.120. The molecule has 0 aromatic heterocycles. The highest BCUT2D eigenvalue weighted by atomic mass is 16.5. The van der Waals surface area contributed by atoms with Crippen molar-refractivity contribution in [2.75, 3.05) is 20.3 Å². The zero-order valence-corrected chi connectivity index (χ0v) is 13.8. The molecule has 1 aliphatic carbocycles. The van der Waals surface area contributed by atoms with Crippen LogP contribution in [0.3, 0.4) is 0 Å². The summed E-state index contributed by atoms with van der Waals surface area (Å²) in [6.45, 7) is 8.63. The number of ether oxygens (including phenoxy) is 2. The molecule has 1 heterocycles. The Balaban J connectivity index is 2.12. The molecule has 1 spiro atoms. The van der Waals surface area contributed by atoms with E-state index < -0.39 is 0 Å². The maximum atomic E-state index is 6.20. The van der Waals surface area contributed by atoms with E-state index in [4.69, 9.17) is 9.47 Å². The van der Waals surface area contributed by atoms with E-state index in [2.05, 4.69) is 26.1 Å². The first-order valence-electron chi connectivity index (χ1n) is 8.51. The van der Waals surface area contributed by atoms with Crippen molar-refractivity contribution >= 4 is 0 Å². The third-order valence-electron chi connectivity index (χ3n) is 5.77. The van der Waals surface area contributed by atoms with Crippen molar-refractivity contribution in [1.29, 1.82) is 0 Å². The highest BCUT2D eigenvalue weighted by Gasteiger charge is 2.46. The number of nitrogens with one attached hydrogen (secondary N) is 1. The molecule has 0 aromatic carbocycles. The minimum atomic E-state index is -0.0716. The van der Waals surface area contributed by atoms with Gasteiger partial charge in [0.05, 0.1) is 11.2 Å². The first-order valence-corrected chi connectivity index (χ1v) is 8.51. The smallest absolute Gasteiger partial charge is 0.0803 e. The Morgan fingerprint density at radius 1 is 1.35 bits per heavy atom. The average Bonchev–Trinajstić information content (AvgIpc) is 2.91. The first-order chi connectivity index (χ1) is 9.59. The van der Waals surface area contributed by atoms with Gasteiger partial charge in [-0.15, -0.1) is 0 Å². The molecule has 2 rings (SSSR count). The minimum Gasteiger partial charge on any atom is -0.377 e. The molecule has 1 aliphatic heterocycles. The molecule has 0 amide bonds. The van der Waals surface area contributed by atoms with Crippen molar-refractivity contribution in [2.24, 2.45) is 5.92 Å². The van der Waals surface area contributed by atoms with Crippen molar-refractivity contribution < 1.29 is 9.47 Å². The second-order valence-corrected chi connectivity index (χ2v) is 6.90. The van der Waals surface area contributed by atoms with Crippen LogP contribution in [0.4, 0.5) is 0 Å². The molecular formula is C17H33NO2. The summed E-state index contributed by atoms with van der Waals surface area (Å²) < 4.78 is 12.1. The van der Waals surface area contributed by atoms with E-state index in [1.165, 1.54) is 38.5 Å². The fraction of sp³-hybridized carbons (Fsp3) is 1.00. The van der Waals surface area contributed by atoms with E-state index in [-0.39, 0.29) is 11.2 Å². The second-order valence-electron chi connectivity index (χ2n) is 6.90. The molecule has 1 saturated heterocycles. The van der Waals surface area contributed by atoms with Crippen molar-refractivity contribution in [2.45, 2.75) is 83.0 Å². The van der Waals surface area contributed by atoms with Crippen LogP contribution in [0.25, 0.3) is 0 Å². The van der Waals surface area contributed by atoms with Crippen molar-refractivity contribution in [3.63, 3.8) is 0 Å². The van der Waals surface area contributed by atoms with Crippen LogP contribution >= 0.6 is 0 Å². The Morgan fingerprint density at radius 3 is 2.60 bits per heavy atom. The van der Waals surface area contributed by atoms with E-state index in [0.717, 1.165) is 19.6 Å². The summed E-state index contributed by atoms with van der Waals surface area (Å²) in [5.41, 5.74) is 0.122. The number of hydrogen-bond donors (Lipinski definition) is 1. The molecule has 1 N–H and O–H groups in total. The normalized spacial score (nSPS) is 30.3. The summed E-state index contributed by atoms with van der Waals surface area (Å²) >= 11 is 0. The molecule has 3 nitrogen and oxygen atoms in total. The fourth-order valence-electron chi connectivity index (χ4n) is 4.31. The molecular weight excluding hydrogens is 250 g/mol. The molecule has 3 unspecified atom stereocenters. The van der Waals surface area contributed by atoms with Crippen LogP contribution in [0.5, 0.6) is 0 Å². The van der Waals surface area contributed by atoms with Crippen LogP contribution in [-0.2, 0) is 9.47 Å². The molecule has 20 heavy (non-hydrogen) atoms. The topological polar surface area (TPSA) is 30.5 Å². The minimum absolute atomic E-state index is 0.0716. The summed E-state index contributed by atoms with van der Waals surface area (Å²) in [6, 6.07) is 0.434. The van der Waals surface area contributed by atoms with E-state index in [9.17, 15) is 0 Å². The SMILES string of the molecule is CCNC(C1CCOC2(CCCC2)C1)C(C)(CC)OC. The number of likely N-dealkylation sites (N-methyl/N-ethyl adjacent to an activating group) is 1. The molecule has 0 bridgehead atoms. The van der Waals surface area contributed by atoms with Crippen molar-refractivity contribution in [3.05, 3.63) is 0 Å². The standard InChI is InChI=1S/C17H33NO2/c1-5-16(3,19-4)15(18-6-2)14-9-12-20-17(13-14)10-7-8-11-17/h14-15,18H,5-13H2,1-4H3. The molecule has 1 saturated carbocycles. The van der Waals surface area contributed by atoms with Gasteiger partial charge in [0.2, 0.25) is 0 Å². The van der Waals surface area contributed by atoms with Gasteiger partial charge in [0.15, 0.2) is 0 Å². The molecule has 0 aromatic rings. The summed E-state index contributed by atoms with van der Waals surface area (Å²) in [6.07, 6.45) is 8.63. The highest BCUT2D eigenvalue weighted by Crippen LogP contribution is 2.44. The van der Waals surface area contributed by atoms with E-state index in [1.807, 2.05) is 7.11 Å². The van der Waals surface area contributed by atoms with Gasteiger partial charge in [0.25, 0.3) is 0 Å². The molecule has 0 radical (unpaired) electrons. The molecule has 3 atom stereocenters. The monoisotopic (exact) mass is 283 g/mol. The molecule has 2 fully saturated rings. The first kappa shape index (κ1) is 16.3. The maximum absolute atomic E-state index is 6.20. The average molecular weight is 283 g/mol. The third kappa shape index (κ3) is 3.20. The van der Waals surface area contributed by atoms with Gasteiger partial charge in [-0.2, -0.15) is 0 Å². The van der Waals surface area contributed by atoms with Gasteiger partial charge in [-0.05, 0) is 51.5 Å². The van der Waals surface area contributed by atoms with Gasteiger partial charge in [-0.1, -0.05) is 26.7 Å². The van der Waals surface area contributed by atoms with Gasteiger partial charge in [0, 0.05) is 19.8 Å². The molecule has 2 aliphatic rings. The predicted octanol–water partition coefficient (Wildman–Crippen LogP) is 3.52. The Labute approximate surface area is 124 Å². The lowest BCUT2D eigenvalue weighted by Crippen LogP contribution is -2.57. The summed E-state index contributed by atoms with van der Waals surface area (Å²) in [7, 11) is 1.86. The lowest BCUT2D eigenvalue weighted by atomic mass is 9.74. The van der Waals surface area contributed by atoms with Crippen molar-refractivity contribution in [3.8, 4) is 0 Å². The Morgan fingerprint density at radius 2 is 2.05 bits per heavy atom. The highest BCUT2D eigenvalue weighted by molar-refractivity contribution is 4.99. The Bertz CT molecular complexity index is 295. The molecule has 118 valence electrons. The van der Waals surface area contributed by atoms with Crippen molar-refractivity contribution in [1.82, 2.24) is 5.32 Å². The van der Waals surface area contributed by atoms with Gasteiger partial charge in [-0.3, -0.25) is 0 Å². The van der Waals surface area contributed by atoms with Crippen LogP contribution in [0.1, 0.15) is 65.7 Å². The van der Waals surface area contributed by atoms with Crippen LogP contribution in [0, 0.1) is 5.92 Å². The van der Waals surface area contributed by atoms with Crippen LogP contribution in [0.15, 0.2) is 0 Å². The van der Waals surface area contributed by atoms with Crippen LogP contribution in [0.2, 0.25) is 0 Å². The largest absolute Gasteiger partial charge is 0.377 e. The summed E-state index contributed by atoms with van der Waals surface area (Å²) in [5, 5.41) is 3.72. The van der Waals surface area contributed by atoms with Gasteiger partial charge < -0.3 is 14.8 Å². The second kappa shape index (κ2) is 6.76. The van der Waals surface area contributed by atoms with Gasteiger partial charge >= 0.3 is 0 Å². The van der Waals surface area contributed by atoms with E-state index in [0.29, 0.717) is 12.0 Å².